The Bertz CT molecular complexity index is 778. The van der Waals surface area contributed by atoms with Gasteiger partial charge < -0.3 is 39.1 Å². The Balaban J connectivity index is 1.95. The fraction of sp³-hybridized carbons (Fsp3) is 0.724. The van der Waals surface area contributed by atoms with Crippen LogP contribution in [0.1, 0.15) is 48.0 Å². The number of halogens is 2. The number of nitrogens with one attached hydrogen (secondary N) is 3. The molecule has 1 aromatic rings. The van der Waals surface area contributed by atoms with Gasteiger partial charge in [-0.05, 0) is 42.3 Å². The number of carbonyl (C=O) groups is 2. The molecule has 242 valence electrons. The molecule has 0 spiro atoms. The van der Waals surface area contributed by atoms with Crippen LogP contribution < -0.4 is 15.5 Å². The predicted molar refractivity (Wildman–Crippen MR) is 163 cm³/mol. The van der Waals surface area contributed by atoms with Crippen molar-refractivity contribution in [1.82, 2.24) is 15.5 Å². The molecule has 0 aromatic heterocycles. The lowest BCUT2D eigenvalue weighted by Crippen LogP contribution is -2.27. The third kappa shape index (κ3) is 24.0. The highest BCUT2D eigenvalue weighted by Crippen LogP contribution is 2.05. The summed E-state index contributed by atoms with van der Waals surface area (Å²) in [6.07, 6.45) is 4.62. The maximum absolute atomic E-state index is 12.3. The molecular formula is C29H49Cl2N3O8. The van der Waals surface area contributed by atoms with Crippen LogP contribution in [0.4, 0.5) is 0 Å². The number of amides is 2. The summed E-state index contributed by atoms with van der Waals surface area (Å²) in [4.78, 5) is 26.8. The van der Waals surface area contributed by atoms with Crippen LogP contribution in [-0.2, 0) is 39.8 Å². The minimum absolute atomic E-state index is 0.108. The van der Waals surface area contributed by atoms with E-state index < -0.39 is 0 Å². The van der Waals surface area contributed by atoms with Gasteiger partial charge in [-0.25, -0.2) is 4.84 Å². The fourth-order valence-corrected chi connectivity index (χ4v) is 3.68. The Labute approximate surface area is 260 Å². The van der Waals surface area contributed by atoms with E-state index in [-0.39, 0.29) is 18.2 Å². The first kappa shape index (κ1) is 38.5. The van der Waals surface area contributed by atoms with Crippen molar-refractivity contribution in [2.24, 2.45) is 0 Å². The van der Waals surface area contributed by atoms with Gasteiger partial charge in [-0.2, -0.15) is 0 Å². The minimum atomic E-state index is -0.169. The van der Waals surface area contributed by atoms with Crippen molar-refractivity contribution in [1.29, 1.82) is 0 Å². The minimum Gasteiger partial charge on any atom is -0.379 e. The van der Waals surface area contributed by atoms with Crippen molar-refractivity contribution in [3.63, 3.8) is 0 Å². The second kappa shape index (κ2) is 29.5. The van der Waals surface area contributed by atoms with E-state index in [1.54, 1.807) is 12.1 Å². The maximum atomic E-state index is 12.3. The molecule has 0 atom stereocenters. The summed E-state index contributed by atoms with van der Waals surface area (Å²) >= 11 is 11.0. The molecule has 0 aliphatic rings. The number of hydrogen-bond acceptors (Lipinski definition) is 9. The average molecular weight is 639 g/mol. The van der Waals surface area contributed by atoms with Gasteiger partial charge in [0.25, 0.3) is 5.91 Å². The smallest absolute Gasteiger partial charge is 0.251 e. The van der Waals surface area contributed by atoms with Crippen molar-refractivity contribution >= 4 is 35.2 Å². The molecular weight excluding hydrogens is 589 g/mol. The van der Waals surface area contributed by atoms with E-state index in [4.69, 9.17) is 51.8 Å². The summed E-state index contributed by atoms with van der Waals surface area (Å²) in [5.74, 6) is 0.442. The average Bonchev–Trinajstić information content (AvgIpc) is 3.01. The number of carbonyl (C=O) groups excluding carboxylic acids is 2. The molecule has 42 heavy (non-hydrogen) atoms. The van der Waals surface area contributed by atoms with Gasteiger partial charge in [0.15, 0.2) is 0 Å². The predicted octanol–water partition coefficient (Wildman–Crippen LogP) is 3.06. The summed E-state index contributed by atoms with van der Waals surface area (Å²) in [6, 6.07) is 7.12. The van der Waals surface area contributed by atoms with Crippen LogP contribution >= 0.6 is 23.4 Å². The third-order valence-electron chi connectivity index (χ3n) is 5.71. The molecule has 1 aromatic carbocycles. The van der Waals surface area contributed by atoms with Crippen LogP contribution in [0.5, 0.6) is 0 Å². The van der Waals surface area contributed by atoms with E-state index in [0.29, 0.717) is 97.9 Å². The van der Waals surface area contributed by atoms with Gasteiger partial charge in [0.2, 0.25) is 5.91 Å². The van der Waals surface area contributed by atoms with Gasteiger partial charge in [-0.15, -0.1) is 11.6 Å². The molecule has 11 nitrogen and oxygen atoms in total. The van der Waals surface area contributed by atoms with Gasteiger partial charge in [0, 0.05) is 44.1 Å². The summed E-state index contributed by atoms with van der Waals surface area (Å²) in [5, 5.41) is 5.69. The van der Waals surface area contributed by atoms with Crippen LogP contribution in [0.15, 0.2) is 24.3 Å². The molecule has 0 bridgehead atoms. The van der Waals surface area contributed by atoms with Crippen LogP contribution in [0, 0.1) is 0 Å². The quantitative estimate of drug-likeness (QED) is 0.0663. The summed E-state index contributed by atoms with van der Waals surface area (Å²) in [7, 11) is 0. The zero-order chi connectivity index (χ0) is 30.4. The molecule has 0 fully saturated rings. The van der Waals surface area contributed by atoms with Crippen LogP contribution in [-0.4, -0.2) is 110 Å². The number of hydrogen-bond donors (Lipinski definition) is 3. The van der Waals surface area contributed by atoms with E-state index in [0.717, 1.165) is 43.7 Å². The first-order chi connectivity index (χ1) is 20.7. The van der Waals surface area contributed by atoms with Crippen molar-refractivity contribution in [3.8, 4) is 0 Å². The van der Waals surface area contributed by atoms with Crippen molar-refractivity contribution < 1.29 is 38.0 Å². The first-order valence-corrected chi connectivity index (χ1v) is 15.6. The Kier molecular flexibility index (Phi) is 27.1. The Morgan fingerprint density at radius 1 is 0.595 bits per heavy atom. The zero-order valence-electron chi connectivity index (χ0n) is 24.7. The first-order valence-electron chi connectivity index (χ1n) is 14.7. The lowest BCUT2D eigenvalue weighted by Gasteiger charge is -2.09. The Morgan fingerprint density at radius 3 is 1.71 bits per heavy atom. The fourth-order valence-electron chi connectivity index (χ4n) is 3.41. The van der Waals surface area contributed by atoms with E-state index in [2.05, 4.69) is 15.5 Å². The summed E-state index contributed by atoms with van der Waals surface area (Å²) in [5.41, 5.74) is 1.45. The highest BCUT2D eigenvalue weighted by Gasteiger charge is 2.06. The number of benzene rings is 1. The van der Waals surface area contributed by atoms with E-state index in [9.17, 15) is 9.59 Å². The molecule has 0 radical (unpaired) electrons. The molecule has 3 N–H and O–H groups in total. The zero-order valence-corrected chi connectivity index (χ0v) is 26.2. The van der Waals surface area contributed by atoms with Gasteiger partial charge in [-0.3, -0.25) is 9.59 Å². The number of alkyl halides is 1. The van der Waals surface area contributed by atoms with Crippen molar-refractivity contribution in [2.45, 2.75) is 38.6 Å². The monoisotopic (exact) mass is 637 g/mol. The normalized spacial score (nSPS) is 11.1. The number of unbranched alkanes of at least 4 members (excludes halogenated alkanes) is 3. The van der Waals surface area contributed by atoms with Crippen molar-refractivity contribution in [3.05, 3.63) is 35.4 Å². The van der Waals surface area contributed by atoms with Gasteiger partial charge in [-0.1, -0.05) is 25.0 Å². The molecule has 0 heterocycles. The van der Waals surface area contributed by atoms with Crippen LogP contribution in [0.2, 0.25) is 0 Å². The molecule has 1 rings (SSSR count). The summed E-state index contributed by atoms with van der Waals surface area (Å²) in [6.45, 7) is 7.24. The Morgan fingerprint density at radius 2 is 1.12 bits per heavy atom. The number of ether oxygens (including phenoxy) is 6. The third-order valence-corrected chi connectivity index (χ3v) is 6.17. The molecule has 13 heteroatoms. The summed E-state index contributed by atoms with van der Waals surface area (Å²) < 4.78 is 32.5. The standard InChI is InChI=1S/C29H49Cl2N3O8/c30-10-3-1-2-4-13-37-17-19-39-15-11-32-29(36)27-7-5-26(6-8-27)25-33-28(35)9-14-38-18-21-41-23-24-42-22-20-40-16-12-34-31/h5-8,34H,1-4,9-25H2,(H,32,36)(H,33,35). The number of rotatable bonds is 30. The van der Waals surface area contributed by atoms with Gasteiger partial charge >= 0.3 is 0 Å². The lowest BCUT2D eigenvalue weighted by molar-refractivity contribution is -0.122. The molecule has 0 unspecified atom stereocenters. The van der Waals surface area contributed by atoms with Crippen molar-refractivity contribution in [2.75, 3.05) is 98.3 Å². The van der Waals surface area contributed by atoms with E-state index >= 15 is 0 Å². The molecule has 0 aliphatic heterocycles. The maximum Gasteiger partial charge on any atom is 0.251 e. The van der Waals surface area contributed by atoms with E-state index in [1.807, 2.05) is 12.1 Å². The Hall–Kier alpha value is -1.54. The van der Waals surface area contributed by atoms with Gasteiger partial charge in [0.05, 0.1) is 72.7 Å². The molecule has 0 saturated carbocycles. The highest BCUT2D eigenvalue weighted by atomic mass is 35.5. The highest BCUT2D eigenvalue weighted by molar-refractivity contribution is 6.17. The molecule has 2 amide bonds. The molecule has 0 aliphatic carbocycles. The SMILES string of the molecule is O=C(CCOCCOCCOCCOCCNCl)NCc1ccc(C(=O)NCCOCCOCCCCCCCl)cc1. The second-order valence-electron chi connectivity index (χ2n) is 9.14. The largest absolute Gasteiger partial charge is 0.379 e. The van der Waals surface area contributed by atoms with Crippen LogP contribution in [0.3, 0.4) is 0 Å². The van der Waals surface area contributed by atoms with Crippen LogP contribution in [0.25, 0.3) is 0 Å². The van der Waals surface area contributed by atoms with Gasteiger partial charge in [0.1, 0.15) is 0 Å². The molecule has 0 saturated heterocycles. The second-order valence-corrected chi connectivity index (χ2v) is 9.79. The topological polar surface area (TPSA) is 126 Å². The lowest BCUT2D eigenvalue weighted by atomic mass is 10.1. The van der Waals surface area contributed by atoms with E-state index in [1.165, 1.54) is 0 Å².